The van der Waals surface area contributed by atoms with Crippen molar-refractivity contribution in [3.63, 3.8) is 0 Å². The third kappa shape index (κ3) is 3.21. The molecule has 2 unspecified atom stereocenters. The predicted molar refractivity (Wildman–Crippen MR) is 44.7 cm³/mol. The summed E-state index contributed by atoms with van der Waals surface area (Å²) in [4.78, 5) is 0. The largest absolute Gasteiger partial charge is 0.460 e. The number of rotatable bonds is 5. The fourth-order valence-corrected chi connectivity index (χ4v) is 1.53. The van der Waals surface area contributed by atoms with Crippen LogP contribution in [0.15, 0.2) is 0 Å². The summed E-state index contributed by atoms with van der Waals surface area (Å²) in [6.45, 7) is 0. The van der Waals surface area contributed by atoms with E-state index in [1.54, 1.807) is 0 Å². The molecule has 0 amide bonds. The summed E-state index contributed by atoms with van der Waals surface area (Å²) in [5, 5.41) is 0. The third-order valence-electron chi connectivity index (χ3n) is 2.20. The van der Waals surface area contributed by atoms with E-state index in [0.29, 0.717) is 0 Å². The lowest BCUT2D eigenvalue weighted by Crippen LogP contribution is -2.76. The summed E-state index contributed by atoms with van der Waals surface area (Å²) in [5.74, 6) is -30.6. The van der Waals surface area contributed by atoms with Crippen LogP contribution in [0, 0.1) is 0 Å². The normalized spacial score (nSPS) is 19.4. The molecule has 0 rings (SSSR count). The van der Waals surface area contributed by atoms with Gasteiger partial charge in [0, 0.05) is 0 Å². The SMILES string of the molecule is O=S(O)NC(F)(C(F)(F)C(F)(F)F)C(F)(F)C(F)(F)C(F)(F)F. The van der Waals surface area contributed by atoms with Crippen LogP contribution >= 0.6 is 0 Å². The van der Waals surface area contributed by atoms with Crippen LogP contribution in [0.2, 0.25) is 0 Å². The number of nitrogens with one attached hydrogen (secondary N) is 1. The predicted octanol–water partition coefficient (Wildman–Crippen LogP) is 3.41. The fraction of sp³-hybridized carbons (Fsp3) is 1.00. The second kappa shape index (κ2) is 5.61. The van der Waals surface area contributed by atoms with Gasteiger partial charge in [0.15, 0.2) is 0 Å². The molecule has 23 heavy (non-hydrogen) atoms. The molecule has 0 aliphatic rings. The van der Waals surface area contributed by atoms with Gasteiger partial charge >= 0.3 is 35.9 Å². The lowest BCUT2D eigenvalue weighted by molar-refractivity contribution is -0.427. The fourth-order valence-electron chi connectivity index (χ4n) is 1.04. The molecule has 0 spiro atoms. The molecule has 0 aliphatic carbocycles. The van der Waals surface area contributed by atoms with Crippen LogP contribution in [0.1, 0.15) is 0 Å². The Balaban J connectivity index is 6.58. The minimum absolute atomic E-state index is 0.817. The van der Waals surface area contributed by atoms with Gasteiger partial charge < -0.3 is 0 Å². The average Bonchev–Trinajstić information content (AvgIpc) is 2.23. The molecule has 2 N–H and O–H groups in total. The highest BCUT2D eigenvalue weighted by atomic mass is 32.2. The molecule has 17 heteroatoms. The van der Waals surface area contributed by atoms with Gasteiger partial charge in [0.1, 0.15) is 0 Å². The van der Waals surface area contributed by atoms with E-state index >= 15 is 0 Å². The Morgan fingerprint density at radius 1 is 0.609 bits per heavy atom. The molecule has 0 fully saturated rings. The van der Waals surface area contributed by atoms with Gasteiger partial charge in [0.2, 0.25) is 11.3 Å². The molecule has 0 bridgehead atoms. The maximum Gasteiger partial charge on any atom is 0.460 e. The summed E-state index contributed by atoms with van der Waals surface area (Å²) in [7, 11) is 0. The molecule has 0 radical (unpaired) electrons. The van der Waals surface area contributed by atoms with Gasteiger partial charge in [-0.1, -0.05) is 0 Å². The molecule has 0 saturated carbocycles. The molecule has 0 saturated heterocycles. The summed E-state index contributed by atoms with van der Waals surface area (Å²) in [6.07, 6.45) is -14.9. The van der Waals surface area contributed by atoms with Crippen molar-refractivity contribution in [1.29, 1.82) is 0 Å². The van der Waals surface area contributed by atoms with Crippen molar-refractivity contribution in [2.75, 3.05) is 0 Å². The van der Waals surface area contributed by atoms with Crippen LogP contribution in [-0.2, 0) is 11.3 Å². The summed E-state index contributed by atoms with van der Waals surface area (Å²) in [5.41, 5.74) is 0. The van der Waals surface area contributed by atoms with Crippen molar-refractivity contribution in [2.45, 2.75) is 35.9 Å². The van der Waals surface area contributed by atoms with E-state index in [-0.39, 0.29) is 0 Å². The highest BCUT2D eigenvalue weighted by Crippen LogP contribution is 2.58. The van der Waals surface area contributed by atoms with Crippen molar-refractivity contribution in [2.24, 2.45) is 0 Å². The van der Waals surface area contributed by atoms with E-state index in [4.69, 9.17) is 4.55 Å². The Bertz CT molecular complexity index is 470. The zero-order valence-electron chi connectivity index (χ0n) is 9.68. The summed E-state index contributed by atoms with van der Waals surface area (Å²) in [6, 6.07) is 0. The van der Waals surface area contributed by atoms with E-state index in [1.165, 1.54) is 0 Å². The molecule has 0 heterocycles. The summed E-state index contributed by atoms with van der Waals surface area (Å²) >= 11 is -4.61. The second-order valence-electron chi connectivity index (χ2n) is 3.73. The quantitative estimate of drug-likeness (QED) is 0.423. The Kier molecular flexibility index (Phi) is 5.40. The Labute approximate surface area is 119 Å². The van der Waals surface area contributed by atoms with Gasteiger partial charge in [-0.15, -0.1) is 0 Å². The molecule has 0 aromatic heterocycles. The number of hydrogen-bond donors (Lipinski definition) is 2. The van der Waals surface area contributed by atoms with Gasteiger partial charge in [-0.25, -0.2) is 8.60 Å². The van der Waals surface area contributed by atoms with E-state index in [9.17, 15) is 61.3 Å². The average molecular weight is 399 g/mol. The highest BCUT2D eigenvalue weighted by Gasteiger charge is 2.90. The zero-order valence-corrected chi connectivity index (χ0v) is 10.5. The Morgan fingerprint density at radius 2 is 0.913 bits per heavy atom. The van der Waals surface area contributed by atoms with Gasteiger partial charge in [0.25, 0.3) is 0 Å². The molecule has 2 atom stereocenters. The van der Waals surface area contributed by atoms with E-state index in [0.717, 1.165) is 0 Å². The van der Waals surface area contributed by atoms with E-state index in [2.05, 4.69) is 0 Å². The van der Waals surface area contributed by atoms with Crippen LogP contribution in [0.5, 0.6) is 0 Å². The van der Waals surface area contributed by atoms with Gasteiger partial charge in [-0.05, 0) is 0 Å². The van der Waals surface area contributed by atoms with Crippen LogP contribution in [-0.4, -0.2) is 44.7 Å². The van der Waals surface area contributed by atoms with Crippen LogP contribution in [0.3, 0.4) is 0 Å². The smallest absolute Gasteiger partial charge is 0.294 e. The molecule has 0 aromatic rings. The van der Waals surface area contributed by atoms with Crippen molar-refractivity contribution in [3.8, 4) is 0 Å². The zero-order chi connectivity index (χ0) is 19.3. The molecular formula is C6H2F13NO2S. The number of hydrogen-bond acceptors (Lipinski definition) is 1. The first-order chi connectivity index (χ1) is 9.67. The Hall–Kier alpha value is -0.840. The lowest BCUT2D eigenvalue weighted by atomic mass is 9.94. The van der Waals surface area contributed by atoms with Crippen molar-refractivity contribution in [3.05, 3.63) is 0 Å². The number of halogens is 13. The molecule has 0 aromatic carbocycles. The first kappa shape index (κ1) is 22.2. The van der Waals surface area contributed by atoms with E-state index < -0.39 is 51.9 Å². The second-order valence-corrected chi connectivity index (χ2v) is 4.43. The third-order valence-corrected chi connectivity index (χ3v) is 2.66. The molecular weight excluding hydrogens is 397 g/mol. The standard InChI is InChI=1S/C6H2F13NO2S/c7-1(8,2(9,10)5(14,15)16)4(13,20-23(21)22)3(11,12)6(17,18)19/h20H,(H,21,22). The van der Waals surface area contributed by atoms with Gasteiger partial charge in [-0.2, -0.15) is 57.4 Å². The maximum absolute atomic E-state index is 13.5. The van der Waals surface area contributed by atoms with Crippen molar-refractivity contribution >= 4 is 11.3 Å². The van der Waals surface area contributed by atoms with Crippen molar-refractivity contribution < 1.29 is 65.8 Å². The van der Waals surface area contributed by atoms with Crippen molar-refractivity contribution in [1.82, 2.24) is 4.72 Å². The topological polar surface area (TPSA) is 49.3 Å². The van der Waals surface area contributed by atoms with Crippen LogP contribution < -0.4 is 4.72 Å². The number of alkyl halides is 13. The first-order valence-corrected chi connectivity index (χ1v) is 5.62. The van der Waals surface area contributed by atoms with Crippen LogP contribution in [0.25, 0.3) is 0 Å². The monoisotopic (exact) mass is 399 g/mol. The van der Waals surface area contributed by atoms with Crippen LogP contribution in [0.4, 0.5) is 57.1 Å². The first-order valence-electron chi connectivity index (χ1n) is 4.51. The minimum atomic E-state index is -7.85. The van der Waals surface area contributed by atoms with Gasteiger partial charge in [0.05, 0.1) is 0 Å². The van der Waals surface area contributed by atoms with Gasteiger partial charge in [-0.3, -0.25) is 4.55 Å². The summed E-state index contributed by atoms with van der Waals surface area (Å²) < 4.78 is 178. The minimum Gasteiger partial charge on any atom is -0.294 e. The molecule has 3 nitrogen and oxygen atoms in total. The molecule has 140 valence electrons. The lowest BCUT2D eigenvalue weighted by Gasteiger charge is -2.41. The molecule has 0 aliphatic heterocycles. The highest BCUT2D eigenvalue weighted by molar-refractivity contribution is 7.77. The maximum atomic E-state index is 13.5. The Morgan fingerprint density at radius 3 is 1.13 bits per heavy atom. The van der Waals surface area contributed by atoms with E-state index in [1.807, 2.05) is 0 Å².